The molecule has 3 aromatic rings. The van der Waals surface area contributed by atoms with Crippen molar-refractivity contribution >= 4 is 23.0 Å². The Hall–Kier alpha value is -3.34. The summed E-state index contributed by atoms with van der Waals surface area (Å²) in [7, 11) is 0. The first-order valence-corrected chi connectivity index (χ1v) is 8.48. The maximum Gasteiger partial charge on any atom is 0.257 e. The number of ether oxygens (including phenoxy) is 1. The van der Waals surface area contributed by atoms with Gasteiger partial charge >= 0.3 is 0 Å². The molecule has 2 N–H and O–H groups in total. The van der Waals surface area contributed by atoms with E-state index < -0.39 is 0 Å². The highest BCUT2D eigenvalue weighted by Gasteiger charge is 2.11. The summed E-state index contributed by atoms with van der Waals surface area (Å²) >= 11 is 0. The van der Waals surface area contributed by atoms with Gasteiger partial charge in [-0.15, -0.1) is 0 Å². The Labute approximate surface area is 153 Å². The predicted molar refractivity (Wildman–Crippen MR) is 104 cm³/mol. The molecule has 0 saturated heterocycles. The van der Waals surface area contributed by atoms with E-state index in [1.54, 1.807) is 18.5 Å². The molecule has 0 aliphatic heterocycles. The van der Waals surface area contributed by atoms with Gasteiger partial charge in [0.2, 0.25) is 0 Å². The van der Waals surface area contributed by atoms with Crippen molar-refractivity contribution in [2.75, 3.05) is 17.2 Å². The fraction of sp³-hybridized carbons (Fsp3) is 0.143. The molecule has 0 unspecified atom stereocenters. The van der Waals surface area contributed by atoms with Crippen molar-refractivity contribution in [3.05, 3.63) is 78.1 Å². The number of hydrogen-bond donors (Lipinski definition) is 2. The van der Waals surface area contributed by atoms with E-state index >= 15 is 0 Å². The largest absolute Gasteiger partial charge is 0.492 e. The van der Waals surface area contributed by atoms with Gasteiger partial charge in [-0.3, -0.25) is 9.78 Å². The normalized spacial score (nSPS) is 10.2. The summed E-state index contributed by atoms with van der Waals surface area (Å²) in [5.41, 5.74) is 3.96. The number of para-hydroxylation sites is 3. The van der Waals surface area contributed by atoms with Crippen LogP contribution in [0.2, 0.25) is 0 Å². The summed E-state index contributed by atoms with van der Waals surface area (Å²) in [6.45, 7) is 4.46. The van der Waals surface area contributed by atoms with Crippen molar-refractivity contribution < 1.29 is 9.53 Å². The molecule has 0 aliphatic carbocycles. The van der Waals surface area contributed by atoms with Gasteiger partial charge in [0.05, 0.1) is 29.7 Å². The van der Waals surface area contributed by atoms with Gasteiger partial charge < -0.3 is 15.4 Å². The number of pyridine rings is 1. The van der Waals surface area contributed by atoms with Crippen molar-refractivity contribution in [3.63, 3.8) is 0 Å². The smallest absolute Gasteiger partial charge is 0.257 e. The van der Waals surface area contributed by atoms with Crippen LogP contribution in [0.25, 0.3) is 0 Å². The van der Waals surface area contributed by atoms with E-state index in [1.807, 2.05) is 62.4 Å². The monoisotopic (exact) mass is 347 g/mol. The molecule has 5 heteroatoms. The third-order valence-electron chi connectivity index (χ3n) is 3.86. The van der Waals surface area contributed by atoms with Crippen LogP contribution in [0.5, 0.6) is 5.75 Å². The number of carbonyl (C=O) groups is 1. The van der Waals surface area contributed by atoms with E-state index in [0.29, 0.717) is 23.6 Å². The number of rotatable bonds is 6. The van der Waals surface area contributed by atoms with E-state index in [-0.39, 0.29) is 5.91 Å². The minimum absolute atomic E-state index is 0.238. The molecule has 2 aromatic carbocycles. The topological polar surface area (TPSA) is 63.2 Å². The van der Waals surface area contributed by atoms with Crippen LogP contribution in [-0.4, -0.2) is 17.5 Å². The molecule has 0 saturated carbocycles. The third-order valence-corrected chi connectivity index (χ3v) is 3.86. The highest BCUT2D eigenvalue weighted by atomic mass is 16.5. The molecular weight excluding hydrogens is 326 g/mol. The fourth-order valence-electron chi connectivity index (χ4n) is 2.55. The number of nitrogens with zero attached hydrogens (tertiary/aromatic N) is 1. The second-order valence-corrected chi connectivity index (χ2v) is 5.79. The van der Waals surface area contributed by atoms with Gasteiger partial charge in [-0.2, -0.15) is 0 Å². The predicted octanol–water partition coefficient (Wildman–Crippen LogP) is 4.78. The van der Waals surface area contributed by atoms with Crippen LogP contribution in [0.3, 0.4) is 0 Å². The molecule has 0 bridgehead atoms. The standard InChI is InChI=1S/C21H21N3O2/c1-3-26-20-11-7-6-10-19(20)24-21(25)16-12-17(14-22-13-16)23-18-9-5-4-8-15(18)2/h4-14,23H,3H2,1-2H3,(H,24,25). The fourth-order valence-corrected chi connectivity index (χ4v) is 2.55. The molecule has 0 spiro atoms. The molecule has 132 valence electrons. The number of hydrogen-bond acceptors (Lipinski definition) is 4. The lowest BCUT2D eigenvalue weighted by atomic mass is 10.2. The Morgan fingerprint density at radius 2 is 1.77 bits per heavy atom. The third kappa shape index (κ3) is 4.19. The van der Waals surface area contributed by atoms with Gasteiger partial charge in [0.1, 0.15) is 5.75 Å². The second kappa shape index (κ2) is 8.16. The quantitative estimate of drug-likeness (QED) is 0.673. The van der Waals surface area contributed by atoms with Crippen molar-refractivity contribution in [1.29, 1.82) is 0 Å². The van der Waals surface area contributed by atoms with Gasteiger partial charge in [-0.25, -0.2) is 0 Å². The molecule has 1 aromatic heterocycles. The van der Waals surface area contributed by atoms with Crippen LogP contribution < -0.4 is 15.4 Å². The lowest BCUT2D eigenvalue weighted by Crippen LogP contribution is -2.13. The molecule has 3 rings (SSSR count). The van der Waals surface area contributed by atoms with Gasteiger partial charge in [-0.1, -0.05) is 30.3 Å². The first-order chi connectivity index (χ1) is 12.7. The maximum atomic E-state index is 12.6. The zero-order chi connectivity index (χ0) is 18.4. The molecule has 0 aliphatic rings. The summed E-state index contributed by atoms with van der Waals surface area (Å²) in [5, 5.41) is 6.18. The van der Waals surface area contributed by atoms with Crippen LogP contribution in [0, 0.1) is 6.92 Å². The SMILES string of the molecule is CCOc1ccccc1NC(=O)c1cncc(Nc2ccccc2C)c1. The summed E-state index contributed by atoms with van der Waals surface area (Å²) in [4.78, 5) is 16.8. The molecule has 0 fully saturated rings. The van der Waals surface area contributed by atoms with Crippen molar-refractivity contribution in [3.8, 4) is 5.75 Å². The zero-order valence-electron chi connectivity index (χ0n) is 14.8. The number of anilines is 3. The zero-order valence-corrected chi connectivity index (χ0v) is 14.8. The number of carbonyl (C=O) groups excluding carboxylic acids is 1. The molecule has 5 nitrogen and oxygen atoms in total. The Morgan fingerprint density at radius 3 is 2.54 bits per heavy atom. The van der Waals surface area contributed by atoms with Crippen LogP contribution in [0.4, 0.5) is 17.1 Å². The van der Waals surface area contributed by atoms with Crippen LogP contribution in [0.15, 0.2) is 67.0 Å². The van der Waals surface area contributed by atoms with E-state index in [2.05, 4.69) is 15.6 Å². The minimum atomic E-state index is -0.238. The van der Waals surface area contributed by atoms with E-state index in [9.17, 15) is 4.79 Å². The summed E-state index contributed by atoms with van der Waals surface area (Å²) in [6, 6.07) is 17.1. The van der Waals surface area contributed by atoms with Crippen molar-refractivity contribution in [1.82, 2.24) is 4.98 Å². The van der Waals surface area contributed by atoms with Crippen LogP contribution in [0.1, 0.15) is 22.8 Å². The molecule has 1 amide bonds. The lowest BCUT2D eigenvalue weighted by Gasteiger charge is -2.12. The summed E-state index contributed by atoms with van der Waals surface area (Å²) < 4.78 is 5.55. The van der Waals surface area contributed by atoms with Gasteiger partial charge in [0.15, 0.2) is 0 Å². The molecule has 0 atom stereocenters. The van der Waals surface area contributed by atoms with Gasteiger partial charge in [0, 0.05) is 11.9 Å². The number of aromatic nitrogens is 1. The van der Waals surface area contributed by atoms with E-state index in [1.165, 1.54) is 0 Å². The number of benzene rings is 2. The second-order valence-electron chi connectivity index (χ2n) is 5.79. The summed E-state index contributed by atoms with van der Waals surface area (Å²) in [5.74, 6) is 0.406. The summed E-state index contributed by atoms with van der Waals surface area (Å²) in [6.07, 6.45) is 3.24. The Bertz CT molecular complexity index is 909. The highest BCUT2D eigenvalue weighted by molar-refractivity contribution is 6.05. The number of aryl methyl sites for hydroxylation is 1. The first-order valence-electron chi connectivity index (χ1n) is 8.48. The van der Waals surface area contributed by atoms with Crippen molar-refractivity contribution in [2.24, 2.45) is 0 Å². The van der Waals surface area contributed by atoms with Gasteiger partial charge in [0.25, 0.3) is 5.91 Å². The Kier molecular flexibility index (Phi) is 5.49. The minimum Gasteiger partial charge on any atom is -0.492 e. The highest BCUT2D eigenvalue weighted by Crippen LogP contribution is 2.25. The van der Waals surface area contributed by atoms with Crippen molar-refractivity contribution in [2.45, 2.75) is 13.8 Å². The molecule has 26 heavy (non-hydrogen) atoms. The maximum absolute atomic E-state index is 12.6. The lowest BCUT2D eigenvalue weighted by molar-refractivity contribution is 0.102. The van der Waals surface area contributed by atoms with Gasteiger partial charge in [-0.05, 0) is 43.7 Å². The Balaban J connectivity index is 1.78. The van der Waals surface area contributed by atoms with Crippen LogP contribution in [-0.2, 0) is 0 Å². The van der Waals surface area contributed by atoms with E-state index in [0.717, 1.165) is 16.9 Å². The first kappa shape index (κ1) is 17.5. The van der Waals surface area contributed by atoms with Crippen LogP contribution >= 0.6 is 0 Å². The molecule has 1 heterocycles. The molecular formula is C21H21N3O2. The average Bonchev–Trinajstić information content (AvgIpc) is 2.66. The Morgan fingerprint density at radius 1 is 1.04 bits per heavy atom. The average molecular weight is 347 g/mol. The number of nitrogens with one attached hydrogen (secondary N) is 2. The van der Waals surface area contributed by atoms with E-state index in [4.69, 9.17) is 4.74 Å². The molecule has 0 radical (unpaired) electrons. The number of amides is 1.